The molecule has 6 nitrogen and oxygen atoms in total. The predicted octanol–water partition coefficient (Wildman–Crippen LogP) is 1.86. The smallest absolute Gasteiger partial charge is 0.306 e. The molecule has 0 spiro atoms. The van der Waals surface area contributed by atoms with Crippen LogP contribution in [0.25, 0.3) is 0 Å². The van der Waals surface area contributed by atoms with Gasteiger partial charge in [0.05, 0.1) is 6.04 Å². The molecule has 1 atom stereocenters. The van der Waals surface area contributed by atoms with Gasteiger partial charge in [0.25, 0.3) is 0 Å². The van der Waals surface area contributed by atoms with E-state index in [1.807, 2.05) is 30.3 Å². The summed E-state index contributed by atoms with van der Waals surface area (Å²) in [5.74, 6) is -0.297. The van der Waals surface area contributed by atoms with Crippen molar-refractivity contribution in [3.8, 4) is 0 Å². The van der Waals surface area contributed by atoms with Crippen molar-refractivity contribution in [2.75, 3.05) is 13.1 Å². The van der Waals surface area contributed by atoms with Crippen LogP contribution in [0.15, 0.2) is 30.3 Å². The van der Waals surface area contributed by atoms with E-state index >= 15 is 0 Å². The zero-order chi connectivity index (χ0) is 18.3. The van der Waals surface area contributed by atoms with Crippen LogP contribution < -0.4 is 16.8 Å². The van der Waals surface area contributed by atoms with Crippen molar-refractivity contribution in [2.45, 2.75) is 57.6 Å². The Kier molecular flexibility index (Phi) is 11.3. The number of hydrogen-bond acceptors (Lipinski definition) is 5. The van der Waals surface area contributed by atoms with Crippen LogP contribution in [0.4, 0.5) is 0 Å². The molecule has 0 aromatic heterocycles. The van der Waals surface area contributed by atoms with E-state index in [1.54, 1.807) is 0 Å². The number of rotatable bonds is 13. The normalized spacial score (nSPS) is 11.8. The van der Waals surface area contributed by atoms with E-state index in [0.717, 1.165) is 37.7 Å². The maximum absolute atomic E-state index is 11.8. The molecule has 6 heteroatoms. The number of hydrogen-bond donors (Lipinski definition) is 3. The maximum atomic E-state index is 11.8. The number of esters is 1. The molecule has 0 heterocycles. The SMILES string of the molecule is NCCCC[C@H](N)C(=O)NCCCCCC(=O)OCc1ccccc1. The Morgan fingerprint density at radius 1 is 1.04 bits per heavy atom. The molecule has 1 aromatic rings. The predicted molar refractivity (Wildman–Crippen MR) is 98.6 cm³/mol. The molecule has 1 rings (SSSR count). The van der Waals surface area contributed by atoms with E-state index in [0.29, 0.717) is 32.5 Å². The number of nitrogens with one attached hydrogen (secondary N) is 1. The molecule has 0 saturated carbocycles. The van der Waals surface area contributed by atoms with Gasteiger partial charge in [0.2, 0.25) is 5.91 Å². The quantitative estimate of drug-likeness (QED) is 0.372. The molecule has 0 aliphatic carbocycles. The summed E-state index contributed by atoms with van der Waals surface area (Å²) in [6, 6.07) is 9.16. The second-order valence-corrected chi connectivity index (χ2v) is 6.14. The first kappa shape index (κ1) is 21.1. The summed E-state index contributed by atoms with van der Waals surface area (Å²) in [5.41, 5.74) is 12.2. The Morgan fingerprint density at radius 2 is 1.80 bits per heavy atom. The minimum atomic E-state index is -0.459. The van der Waals surface area contributed by atoms with Gasteiger partial charge in [-0.05, 0) is 37.8 Å². The molecule has 0 aliphatic rings. The standard InChI is InChI=1S/C19H31N3O3/c20-13-7-6-11-17(21)19(24)22-14-8-2-5-12-18(23)25-15-16-9-3-1-4-10-16/h1,3-4,9-10,17H,2,5-8,11-15,20-21H2,(H,22,24)/t17-/m0/s1. The number of carbonyl (C=O) groups is 2. The lowest BCUT2D eigenvalue weighted by atomic mass is 10.1. The molecule has 1 aromatic carbocycles. The molecule has 0 bridgehead atoms. The second-order valence-electron chi connectivity index (χ2n) is 6.14. The second kappa shape index (κ2) is 13.4. The van der Waals surface area contributed by atoms with E-state index < -0.39 is 6.04 Å². The van der Waals surface area contributed by atoms with Crippen molar-refractivity contribution in [1.82, 2.24) is 5.32 Å². The summed E-state index contributed by atoms with van der Waals surface area (Å²) in [4.78, 5) is 23.4. The average Bonchev–Trinajstić information content (AvgIpc) is 2.63. The zero-order valence-electron chi connectivity index (χ0n) is 14.9. The van der Waals surface area contributed by atoms with Gasteiger partial charge in [-0.3, -0.25) is 9.59 Å². The summed E-state index contributed by atoms with van der Waals surface area (Å²) >= 11 is 0. The first-order valence-corrected chi connectivity index (χ1v) is 9.06. The van der Waals surface area contributed by atoms with Gasteiger partial charge in [-0.2, -0.15) is 0 Å². The molecule has 25 heavy (non-hydrogen) atoms. The third kappa shape index (κ3) is 10.5. The van der Waals surface area contributed by atoms with E-state index in [9.17, 15) is 9.59 Å². The number of amides is 1. The van der Waals surface area contributed by atoms with Crippen LogP contribution >= 0.6 is 0 Å². The van der Waals surface area contributed by atoms with Crippen LogP contribution in [0.5, 0.6) is 0 Å². The summed E-state index contributed by atoms with van der Waals surface area (Å²) in [5, 5.41) is 2.83. The molecular formula is C19H31N3O3. The number of carbonyl (C=O) groups excluding carboxylic acids is 2. The molecule has 0 radical (unpaired) electrons. The lowest BCUT2D eigenvalue weighted by molar-refractivity contribution is -0.145. The Balaban J connectivity index is 1.98. The summed E-state index contributed by atoms with van der Waals surface area (Å²) in [6.45, 7) is 1.53. The molecule has 0 fully saturated rings. The van der Waals surface area contributed by atoms with Gasteiger partial charge in [0.15, 0.2) is 0 Å². The third-order valence-electron chi connectivity index (χ3n) is 3.91. The van der Waals surface area contributed by atoms with E-state index in [4.69, 9.17) is 16.2 Å². The van der Waals surface area contributed by atoms with Crippen LogP contribution in [0, 0.1) is 0 Å². The summed E-state index contributed by atoms with van der Waals surface area (Å²) < 4.78 is 5.22. The first-order chi connectivity index (χ1) is 12.1. The number of ether oxygens (including phenoxy) is 1. The number of unbranched alkanes of at least 4 members (excludes halogenated alkanes) is 3. The fraction of sp³-hybridized carbons (Fsp3) is 0.579. The molecular weight excluding hydrogens is 318 g/mol. The molecule has 0 saturated heterocycles. The topological polar surface area (TPSA) is 107 Å². The van der Waals surface area contributed by atoms with Gasteiger partial charge in [-0.1, -0.05) is 43.2 Å². The number of benzene rings is 1. The third-order valence-corrected chi connectivity index (χ3v) is 3.91. The monoisotopic (exact) mass is 349 g/mol. The average molecular weight is 349 g/mol. The van der Waals surface area contributed by atoms with Gasteiger partial charge >= 0.3 is 5.97 Å². The van der Waals surface area contributed by atoms with Crippen LogP contribution in [-0.4, -0.2) is 31.0 Å². The molecule has 0 unspecified atom stereocenters. The highest BCUT2D eigenvalue weighted by molar-refractivity contribution is 5.81. The fourth-order valence-electron chi connectivity index (χ4n) is 2.36. The van der Waals surface area contributed by atoms with Crippen molar-refractivity contribution in [3.05, 3.63) is 35.9 Å². The fourth-order valence-corrected chi connectivity index (χ4v) is 2.36. The Morgan fingerprint density at radius 3 is 2.52 bits per heavy atom. The van der Waals surface area contributed by atoms with Crippen LogP contribution in [0.2, 0.25) is 0 Å². The van der Waals surface area contributed by atoms with Crippen molar-refractivity contribution >= 4 is 11.9 Å². The minimum absolute atomic E-state index is 0.112. The Bertz CT molecular complexity index is 494. The van der Waals surface area contributed by atoms with Gasteiger partial charge in [-0.25, -0.2) is 0 Å². The van der Waals surface area contributed by atoms with Crippen molar-refractivity contribution in [1.29, 1.82) is 0 Å². The molecule has 5 N–H and O–H groups in total. The van der Waals surface area contributed by atoms with Crippen LogP contribution in [0.3, 0.4) is 0 Å². The molecule has 140 valence electrons. The van der Waals surface area contributed by atoms with Gasteiger partial charge in [0.1, 0.15) is 6.61 Å². The van der Waals surface area contributed by atoms with Gasteiger partial charge < -0.3 is 21.5 Å². The molecule has 0 aliphatic heterocycles. The Labute approximate surface area is 150 Å². The van der Waals surface area contributed by atoms with Gasteiger partial charge in [-0.15, -0.1) is 0 Å². The largest absolute Gasteiger partial charge is 0.461 e. The highest BCUT2D eigenvalue weighted by Crippen LogP contribution is 2.05. The van der Waals surface area contributed by atoms with Crippen LogP contribution in [-0.2, 0) is 20.9 Å². The lowest BCUT2D eigenvalue weighted by Crippen LogP contribution is -2.40. The summed E-state index contributed by atoms with van der Waals surface area (Å²) in [6.07, 6.45) is 5.27. The Hall–Kier alpha value is -1.92. The lowest BCUT2D eigenvalue weighted by Gasteiger charge is -2.11. The van der Waals surface area contributed by atoms with Crippen molar-refractivity contribution in [2.24, 2.45) is 11.5 Å². The zero-order valence-corrected chi connectivity index (χ0v) is 14.9. The van der Waals surface area contributed by atoms with Crippen LogP contribution in [0.1, 0.15) is 50.5 Å². The number of nitrogens with two attached hydrogens (primary N) is 2. The van der Waals surface area contributed by atoms with Gasteiger partial charge in [0, 0.05) is 13.0 Å². The first-order valence-electron chi connectivity index (χ1n) is 9.06. The summed E-state index contributed by atoms with van der Waals surface area (Å²) in [7, 11) is 0. The molecule has 1 amide bonds. The van der Waals surface area contributed by atoms with E-state index in [-0.39, 0.29) is 11.9 Å². The maximum Gasteiger partial charge on any atom is 0.306 e. The van der Waals surface area contributed by atoms with Crippen molar-refractivity contribution in [3.63, 3.8) is 0 Å². The van der Waals surface area contributed by atoms with Crippen molar-refractivity contribution < 1.29 is 14.3 Å². The highest BCUT2D eigenvalue weighted by atomic mass is 16.5. The van der Waals surface area contributed by atoms with E-state index in [2.05, 4.69) is 5.32 Å². The van der Waals surface area contributed by atoms with E-state index in [1.165, 1.54) is 0 Å². The minimum Gasteiger partial charge on any atom is -0.461 e. The highest BCUT2D eigenvalue weighted by Gasteiger charge is 2.11.